The van der Waals surface area contributed by atoms with Crippen molar-refractivity contribution >= 4 is 16.1 Å². The summed E-state index contributed by atoms with van der Waals surface area (Å²) in [7, 11) is -5.12. The second kappa shape index (κ2) is 4.65. The maximum atomic E-state index is 12.3. The summed E-state index contributed by atoms with van der Waals surface area (Å²) in [6.45, 7) is -1.17. The molecule has 0 aromatic rings. The van der Waals surface area contributed by atoms with Crippen LogP contribution >= 0.6 is 0 Å². The molecule has 0 radical (unpaired) electrons. The van der Waals surface area contributed by atoms with Crippen LogP contribution in [-0.2, 0) is 19.6 Å². The van der Waals surface area contributed by atoms with Crippen LogP contribution in [0.4, 0.5) is 0 Å². The van der Waals surface area contributed by atoms with Gasteiger partial charge in [0.2, 0.25) is 0 Å². The van der Waals surface area contributed by atoms with Crippen molar-refractivity contribution in [2.75, 3.05) is 6.61 Å². The number of rotatable bonds is 4. The van der Waals surface area contributed by atoms with Crippen molar-refractivity contribution in [2.24, 2.45) is 23.2 Å². The Hall–Kier alpha value is -0.700. The first-order chi connectivity index (χ1) is 9.61. The average Bonchev–Trinajstić information content (AvgIpc) is 2.32. The van der Waals surface area contributed by atoms with Gasteiger partial charge < -0.3 is 14.9 Å². The van der Waals surface area contributed by atoms with E-state index in [2.05, 4.69) is 0 Å². The molecule has 0 atom stereocenters. The number of ether oxygens (including phenoxy) is 1. The van der Waals surface area contributed by atoms with E-state index in [1.165, 1.54) is 0 Å². The first-order valence-electron chi connectivity index (χ1n) is 7.20. The van der Waals surface area contributed by atoms with Gasteiger partial charge in [0.15, 0.2) is 6.61 Å². The molecular formula is C13H20O7S. The van der Waals surface area contributed by atoms with Crippen LogP contribution in [-0.4, -0.2) is 40.9 Å². The molecule has 0 amide bonds. The predicted octanol–water partition coefficient (Wildman–Crippen LogP) is 0.272. The number of carbonyl (C=O) groups excluding carboxylic acids is 1. The molecule has 0 heterocycles. The lowest BCUT2D eigenvalue weighted by Gasteiger charge is -2.55. The van der Waals surface area contributed by atoms with E-state index < -0.39 is 33.2 Å². The van der Waals surface area contributed by atoms with Crippen LogP contribution in [0.15, 0.2) is 0 Å². The fourth-order valence-electron chi connectivity index (χ4n) is 4.75. The monoisotopic (exact) mass is 320 g/mol. The molecule has 0 aromatic carbocycles. The summed E-state index contributed by atoms with van der Waals surface area (Å²) < 4.78 is 35.1. The lowest BCUT2D eigenvalue weighted by molar-refractivity contribution is -0.188. The second-order valence-electron chi connectivity index (χ2n) is 6.99. The highest BCUT2D eigenvalue weighted by molar-refractivity contribution is 7.86. The Morgan fingerprint density at radius 2 is 1.52 bits per heavy atom. The standard InChI is InChI=1S/C13H20O7S/c14-11(20-7-13(15,16)21(17,18)19)12-4-8-1-9(5-12)3-10(2-8)6-12/h8-10,15-16H,1-7H2,(H,17,18,19). The zero-order chi connectivity index (χ0) is 15.5. The van der Waals surface area contributed by atoms with Crippen molar-refractivity contribution in [1.29, 1.82) is 0 Å². The number of hydrogen-bond acceptors (Lipinski definition) is 6. The summed E-state index contributed by atoms with van der Waals surface area (Å²) in [5.41, 5.74) is -0.607. The Bertz CT molecular complexity index is 516. The van der Waals surface area contributed by atoms with Crippen LogP contribution in [0.1, 0.15) is 38.5 Å². The maximum Gasteiger partial charge on any atom is 0.330 e. The maximum absolute atomic E-state index is 12.3. The van der Waals surface area contributed by atoms with Crippen molar-refractivity contribution in [1.82, 2.24) is 0 Å². The van der Waals surface area contributed by atoms with E-state index in [1.54, 1.807) is 0 Å². The smallest absolute Gasteiger partial charge is 0.330 e. The SMILES string of the molecule is O=C(OCC(O)(O)S(=O)(=O)O)C12CC3CC(CC(C3)C1)C2. The summed E-state index contributed by atoms with van der Waals surface area (Å²) in [6, 6.07) is 0. The molecule has 0 aliphatic heterocycles. The topological polar surface area (TPSA) is 121 Å². The van der Waals surface area contributed by atoms with Gasteiger partial charge in [-0.2, -0.15) is 8.42 Å². The van der Waals surface area contributed by atoms with E-state index in [1.807, 2.05) is 0 Å². The van der Waals surface area contributed by atoms with Crippen LogP contribution in [0.5, 0.6) is 0 Å². The third-order valence-corrected chi connectivity index (χ3v) is 6.22. The second-order valence-corrected chi connectivity index (χ2v) is 8.60. The Balaban J connectivity index is 1.69. The van der Waals surface area contributed by atoms with Gasteiger partial charge in [0.1, 0.15) is 0 Å². The van der Waals surface area contributed by atoms with Gasteiger partial charge in [-0.15, -0.1) is 0 Å². The molecule has 4 saturated carbocycles. The molecule has 0 spiro atoms. The summed E-state index contributed by atoms with van der Waals surface area (Å²) in [5.74, 6) is 0.966. The molecule has 4 aliphatic rings. The molecule has 4 aliphatic carbocycles. The number of aliphatic hydroxyl groups is 2. The van der Waals surface area contributed by atoms with Gasteiger partial charge >= 0.3 is 21.2 Å². The molecular weight excluding hydrogens is 300 g/mol. The van der Waals surface area contributed by atoms with Gasteiger partial charge in [0, 0.05) is 0 Å². The first-order valence-corrected chi connectivity index (χ1v) is 8.64. The highest BCUT2D eigenvalue weighted by Gasteiger charge is 2.56. The minimum atomic E-state index is -5.12. The zero-order valence-electron chi connectivity index (χ0n) is 11.6. The van der Waals surface area contributed by atoms with Crippen LogP contribution in [0, 0.1) is 23.2 Å². The van der Waals surface area contributed by atoms with Crippen LogP contribution in [0.25, 0.3) is 0 Å². The minimum Gasteiger partial charge on any atom is -0.458 e. The van der Waals surface area contributed by atoms with Gasteiger partial charge in [-0.1, -0.05) is 0 Å². The third-order valence-electron chi connectivity index (χ3n) is 5.28. The number of esters is 1. The Morgan fingerprint density at radius 1 is 1.10 bits per heavy atom. The van der Waals surface area contributed by atoms with E-state index in [-0.39, 0.29) is 0 Å². The number of hydrogen-bond donors (Lipinski definition) is 3. The largest absolute Gasteiger partial charge is 0.458 e. The van der Waals surface area contributed by atoms with E-state index in [4.69, 9.17) is 9.29 Å². The lowest BCUT2D eigenvalue weighted by Crippen LogP contribution is -2.52. The average molecular weight is 320 g/mol. The Morgan fingerprint density at radius 3 is 1.90 bits per heavy atom. The molecule has 4 fully saturated rings. The van der Waals surface area contributed by atoms with E-state index in [9.17, 15) is 23.4 Å². The van der Waals surface area contributed by atoms with Gasteiger partial charge in [-0.3, -0.25) is 9.35 Å². The van der Waals surface area contributed by atoms with Gasteiger partial charge in [-0.25, -0.2) is 0 Å². The van der Waals surface area contributed by atoms with Crippen LogP contribution in [0.3, 0.4) is 0 Å². The fourth-order valence-corrected chi connectivity index (χ4v) is 4.96. The summed E-state index contributed by atoms with van der Waals surface area (Å²) in [6.07, 6.45) is 5.61. The van der Waals surface area contributed by atoms with Crippen molar-refractivity contribution in [2.45, 2.75) is 43.6 Å². The first kappa shape index (κ1) is 15.2. The molecule has 4 bridgehead atoms. The van der Waals surface area contributed by atoms with E-state index >= 15 is 0 Å². The van der Waals surface area contributed by atoms with Crippen molar-refractivity contribution in [3.8, 4) is 0 Å². The minimum absolute atomic E-state index is 0.512. The van der Waals surface area contributed by atoms with E-state index in [0.717, 1.165) is 38.5 Å². The Labute approximate surface area is 123 Å². The van der Waals surface area contributed by atoms with Crippen LogP contribution < -0.4 is 0 Å². The normalized spacial score (nSPS) is 38.5. The molecule has 0 unspecified atom stereocenters. The van der Waals surface area contributed by atoms with Crippen molar-refractivity contribution < 1.29 is 32.7 Å². The third kappa shape index (κ3) is 2.58. The molecule has 0 saturated heterocycles. The van der Waals surface area contributed by atoms with Gasteiger partial charge in [-0.05, 0) is 56.3 Å². The highest BCUT2D eigenvalue weighted by Crippen LogP contribution is 2.60. The summed E-state index contributed by atoms with van der Waals surface area (Å²) >= 11 is 0. The van der Waals surface area contributed by atoms with Gasteiger partial charge in [0.05, 0.1) is 5.41 Å². The summed E-state index contributed by atoms with van der Waals surface area (Å²) in [4.78, 5) is 12.3. The van der Waals surface area contributed by atoms with Crippen molar-refractivity contribution in [3.05, 3.63) is 0 Å². The highest BCUT2D eigenvalue weighted by atomic mass is 32.2. The molecule has 0 aromatic heterocycles. The van der Waals surface area contributed by atoms with E-state index in [0.29, 0.717) is 17.8 Å². The van der Waals surface area contributed by atoms with Crippen LogP contribution in [0.2, 0.25) is 0 Å². The molecule has 120 valence electrons. The fraction of sp³-hybridized carbons (Fsp3) is 0.923. The molecule has 3 N–H and O–H groups in total. The quantitative estimate of drug-likeness (QED) is 0.386. The van der Waals surface area contributed by atoms with Crippen molar-refractivity contribution in [3.63, 3.8) is 0 Å². The summed E-state index contributed by atoms with van der Waals surface area (Å²) in [5, 5.41) is 15.0. The number of carbonyl (C=O) groups is 1. The lowest BCUT2D eigenvalue weighted by atomic mass is 9.49. The molecule has 7 nitrogen and oxygen atoms in total. The molecule has 4 rings (SSSR count). The van der Waals surface area contributed by atoms with Gasteiger partial charge in [0.25, 0.3) is 0 Å². The predicted molar refractivity (Wildman–Crippen MR) is 70.3 cm³/mol. The zero-order valence-corrected chi connectivity index (χ0v) is 12.4. The Kier molecular flexibility index (Phi) is 3.36. The molecule has 21 heavy (non-hydrogen) atoms. The molecule has 8 heteroatoms.